The Bertz CT molecular complexity index is 1030. The summed E-state index contributed by atoms with van der Waals surface area (Å²) < 4.78 is 52.1. The number of nitrogens with zero attached hydrogens (tertiary/aromatic N) is 2. The highest BCUT2D eigenvalue weighted by atomic mass is 32.1. The Morgan fingerprint density at radius 1 is 1.17 bits per heavy atom. The van der Waals surface area contributed by atoms with Crippen LogP contribution < -0.4 is 15.1 Å². The summed E-state index contributed by atoms with van der Waals surface area (Å²) in [6.07, 6.45) is -5.08. The third-order valence-electron chi connectivity index (χ3n) is 6.48. The van der Waals surface area contributed by atoms with Crippen LogP contribution in [0.5, 0.6) is 0 Å². The van der Waals surface area contributed by atoms with Crippen molar-refractivity contribution >= 4 is 34.6 Å². The number of thiophene rings is 1. The van der Waals surface area contributed by atoms with Crippen LogP contribution in [0.15, 0.2) is 35.7 Å². The number of carboxylic acid groups (broad SMARTS) is 1. The van der Waals surface area contributed by atoms with Crippen molar-refractivity contribution in [3.63, 3.8) is 0 Å². The zero-order chi connectivity index (χ0) is 25.2. The number of carbonyl (C=O) groups is 2. The van der Waals surface area contributed by atoms with Crippen molar-refractivity contribution in [1.29, 1.82) is 0 Å². The summed E-state index contributed by atoms with van der Waals surface area (Å²) in [7, 11) is 0. The van der Waals surface area contributed by atoms with Crippen molar-refractivity contribution in [2.75, 3.05) is 55.7 Å². The minimum absolute atomic E-state index is 0.0357. The summed E-state index contributed by atoms with van der Waals surface area (Å²) in [6, 6.07) is 8.93. The molecule has 35 heavy (non-hydrogen) atoms. The first-order valence-corrected chi connectivity index (χ1v) is 12.0. The van der Waals surface area contributed by atoms with Crippen LogP contribution in [0.3, 0.4) is 0 Å². The van der Waals surface area contributed by atoms with Gasteiger partial charge < -0.3 is 25.0 Å². The van der Waals surface area contributed by atoms with E-state index in [2.05, 4.69) is 5.32 Å². The molecule has 5 rings (SSSR count). The first kappa shape index (κ1) is 25.4. The molecule has 1 aromatic heterocycles. The van der Waals surface area contributed by atoms with Gasteiger partial charge in [-0.05, 0) is 60.5 Å². The fourth-order valence-corrected chi connectivity index (χ4v) is 5.26. The zero-order valence-corrected chi connectivity index (χ0v) is 19.4. The third kappa shape index (κ3) is 5.93. The van der Waals surface area contributed by atoms with Gasteiger partial charge in [-0.2, -0.15) is 13.2 Å². The fourth-order valence-electron chi connectivity index (χ4n) is 4.59. The Kier molecular flexibility index (Phi) is 7.62. The molecule has 1 aliphatic carbocycles. The molecule has 2 aromatic rings. The molecule has 0 spiro atoms. The van der Waals surface area contributed by atoms with Gasteiger partial charge in [-0.3, -0.25) is 4.79 Å². The summed E-state index contributed by atoms with van der Waals surface area (Å²) in [5.74, 6) is -1.26. The Morgan fingerprint density at radius 3 is 2.37 bits per heavy atom. The topological polar surface area (TPSA) is 82.1 Å². The Balaban J connectivity index is 0.000000364. The molecule has 0 radical (unpaired) electrons. The molecule has 3 aliphatic rings. The molecular formula is C23H25F4N3O4S. The van der Waals surface area contributed by atoms with Crippen LogP contribution in [-0.2, 0) is 9.53 Å². The van der Waals surface area contributed by atoms with E-state index in [1.165, 1.54) is 17.4 Å². The second kappa shape index (κ2) is 10.5. The van der Waals surface area contributed by atoms with Gasteiger partial charge in [0.1, 0.15) is 5.82 Å². The number of halogens is 4. The average molecular weight is 516 g/mol. The lowest BCUT2D eigenvalue weighted by Gasteiger charge is -2.30. The van der Waals surface area contributed by atoms with E-state index in [1.807, 2.05) is 28.5 Å². The second-order valence-electron chi connectivity index (χ2n) is 8.58. The van der Waals surface area contributed by atoms with Crippen LogP contribution >= 0.6 is 11.3 Å². The Labute approximate surface area is 203 Å². The number of rotatable bonds is 5. The lowest BCUT2D eigenvalue weighted by atomic mass is 10.2. The SMILES string of the molecule is O=C(O)C(F)(F)F.O=C(c1cccs1)N(CC1C2CNCC21)c1ccc(N2CCOCC2)c(F)c1. The van der Waals surface area contributed by atoms with Gasteiger partial charge in [0, 0.05) is 25.3 Å². The summed E-state index contributed by atoms with van der Waals surface area (Å²) in [5, 5.41) is 12.4. The number of amides is 1. The maximum Gasteiger partial charge on any atom is 0.490 e. The molecule has 0 bridgehead atoms. The average Bonchev–Trinajstić information content (AvgIpc) is 3.25. The van der Waals surface area contributed by atoms with Gasteiger partial charge >= 0.3 is 12.1 Å². The molecule has 2 aliphatic heterocycles. The molecule has 3 heterocycles. The number of benzene rings is 1. The molecule has 1 aromatic carbocycles. The molecule has 3 fully saturated rings. The number of piperidine rings is 1. The van der Waals surface area contributed by atoms with Crippen molar-refractivity contribution < 1.29 is 37.0 Å². The third-order valence-corrected chi connectivity index (χ3v) is 7.33. The minimum atomic E-state index is -5.08. The number of fused-ring (bicyclic) bond motifs is 1. The smallest absolute Gasteiger partial charge is 0.475 e. The number of ether oxygens (including phenoxy) is 1. The molecule has 2 atom stereocenters. The highest BCUT2D eigenvalue weighted by Gasteiger charge is 2.53. The molecule has 190 valence electrons. The number of carboxylic acids is 1. The molecular weight excluding hydrogens is 490 g/mol. The zero-order valence-electron chi connectivity index (χ0n) is 18.6. The van der Waals surface area contributed by atoms with Gasteiger partial charge in [0.15, 0.2) is 0 Å². The summed E-state index contributed by atoms with van der Waals surface area (Å²) in [6.45, 7) is 5.32. The number of anilines is 2. The predicted molar refractivity (Wildman–Crippen MR) is 122 cm³/mol. The Morgan fingerprint density at radius 2 is 1.83 bits per heavy atom. The number of alkyl halides is 3. The van der Waals surface area contributed by atoms with Gasteiger partial charge in [-0.1, -0.05) is 6.07 Å². The van der Waals surface area contributed by atoms with Gasteiger partial charge in [0.2, 0.25) is 0 Å². The van der Waals surface area contributed by atoms with Crippen molar-refractivity contribution in [2.45, 2.75) is 6.18 Å². The molecule has 2 unspecified atom stereocenters. The Hall–Kier alpha value is -2.70. The molecule has 1 saturated carbocycles. The monoisotopic (exact) mass is 515 g/mol. The molecule has 2 saturated heterocycles. The number of nitrogens with one attached hydrogen (secondary N) is 1. The number of carbonyl (C=O) groups excluding carboxylic acids is 1. The standard InChI is InChI=1S/C21H24FN3O2S.C2HF3O2/c22-18-10-14(3-4-19(18)24-5-7-27-8-6-24)25(21(26)20-2-1-9-28-20)13-17-15-11-23-12-16(15)17;3-2(4,5)1(6)7/h1-4,9-10,15-17,23H,5-8,11-13H2;(H,6,7). The lowest BCUT2D eigenvalue weighted by molar-refractivity contribution is -0.192. The fraction of sp³-hybridized carbons (Fsp3) is 0.478. The van der Waals surface area contributed by atoms with E-state index in [0.717, 1.165) is 13.1 Å². The molecule has 2 N–H and O–H groups in total. The summed E-state index contributed by atoms with van der Waals surface area (Å²) in [5.41, 5.74) is 1.23. The van der Waals surface area contributed by atoms with E-state index in [1.54, 1.807) is 11.0 Å². The molecule has 12 heteroatoms. The second-order valence-corrected chi connectivity index (χ2v) is 9.53. The van der Waals surface area contributed by atoms with Gasteiger partial charge in [-0.25, -0.2) is 9.18 Å². The van der Waals surface area contributed by atoms with Gasteiger partial charge in [-0.15, -0.1) is 11.3 Å². The summed E-state index contributed by atoms with van der Waals surface area (Å²) >= 11 is 1.43. The van der Waals surface area contributed by atoms with Crippen LogP contribution in [0.25, 0.3) is 0 Å². The van der Waals surface area contributed by atoms with E-state index in [0.29, 0.717) is 66.9 Å². The number of hydrogen-bond donors (Lipinski definition) is 2. The van der Waals surface area contributed by atoms with Crippen LogP contribution in [0.2, 0.25) is 0 Å². The number of aliphatic carboxylic acids is 1. The predicted octanol–water partition coefficient (Wildman–Crippen LogP) is 3.47. The van der Waals surface area contributed by atoms with Crippen LogP contribution in [0, 0.1) is 23.6 Å². The van der Waals surface area contributed by atoms with Crippen LogP contribution in [0.4, 0.5) is 28.9 Å². The maximum absolute atomic E-state index is 15.0. The van der Waals surface area contributed by atoms with Crippen molar-refractivity contribution in [2.24, 2.45) is 17.8 Å². The van der Waals surface area contributed by atoms with Gasteiger partial charge in [0.25, 0.3) is 5.91 Å². The maximum atomic E-state index is 15.0. The first-order valence-electron chi connectivity index (χ1n) is 11.1. The van der Waals surface area contributed by atoms with E-state index in [9.17, 15) is 22.4 Å². The van der Waals surface area contributed by atoms with E-state index in [4.69, 9.17) is 14.6 Å². The summed E-state index contributed by atoms with van der Waals surface area (Å²) in [4.78, 5) is 26.5. The van der Waals surface area contributed by atoms with E-state index in [-0.39, 0.29) is 11.7 Å². The number of morpholine rings is 1. The minimum Gasteiger partial charge on any atom is -0.475 e. The number of hydrogen-bond acceptors (Lipinski definition) is 6. The quantitative estimate of drug-likeness (QED) is 0.594. The first-order chi connectivity index (χ1) is 16.7. The van der Waals surface area contributed by atoms with Crippen molar-refractivity contribution in [3.8, 4) is 0 Å². The van der Waals surface area contributed by atoms with Crippen LogP contribution in [-0.4, -0.2) is 69.1 Å². The lowest BCUT2D eigenvalue weighted by Crippen LogP contribution is -2.37. The largest absolute Gasteiger partial charge is 0.490 e. The highest BCUT2D eigenvalue weighted by Crippen LogP contribution is 2.49. The van der Waals surface area contributed by atoms with E-state index >= 15 is 0 Å². The normalized spacial score (nSPS) is 23.2. The van der Waals surface area contributed by atoms with Crippen molar-refractivity contribution in [3.05, 3.63) is 46.4 Å². The van der Waals surface area contributed by atoms with Crippen LogP contribution in [0.1, 0.15) is 9.67 Å². The molecule has 7 nitrogen and oxygen atoms in total. The van der Waals surface area contributed by atoms with Crippen molar-refractivity contribution in [1.82, 2.24) is 5.32 Å². The van der Waals surface area contributed by atoms with Gasteiger partial charge in [0.05, 0.1) is 23.8 Å². The van der Waals surface area contributed by atoms with E-state index < -0.39 is 12.1 Å². The highest BCUT2D eigenvalue weighted by molar-refractivity contribution is 7.12. The molecule has 1 amide bonds.